The second-order valence-electron chi connectivity index (χ2n) is 4.24. The zero-order valence-electron chi connectivity index (χ0n) is 9.57. The maximum Gasteiger partial charge on any atom is 0.260 e. The zero-order valence-corrected chi connectivity index (χ0v) is 9.57. The number of carbonyl (C=O) groups excluding carboxylic acids is 1. The van der Waals surface area contributed by atoms with E-state index in [2.05, 4.69) is 0 Å². The number of nitrogens with zero attached hydrogens (tertiary/aromatic N) is 1. The van der Waals surface area contributed by atoms with E-state index in [0.29, 0.717) is 12.1 Å². The van der Waals surface area contributed by atoms with E-state index >= 15 is 0 Å². The van der Waals surface area contributed by atoms with Crippen molar-refractivity contribution in [1.29, 1.82) is 0 Å². The second-order valence-corrected chi connectivity index (χ2v) is 4.24. The summed E-state index contributed by atoms with van der Waals surface area (Å²) in [6, 6.07) is 1.21. The molecule has 1 aromatic rings. The van der Waals surface area contributed by atoms with Crippen LogP contribution in [0.25, 0.3) is 0 Å². The Kier molecular flexibility index (Phi) is 3.47. The van der Waals surface area contributed by atoms with E-state index in [0.717, 1.165) is 12.8 Å². The van der Waals surface area contributed by atoms with Crippen LogP contribution in [0.5, 0.6) is 5.75 Å². The van der Waals surface area contributed by atoms with E-state index in [9.17, 15) is 18.7 Å². The predicted octanol–water partition coefficient (Wildman–Crippen LogP) is 1.27. The Balaban J connectivity index is 2.32. The smallest absolute Gasteiger partial charge is 0.260 e. The lowest BCUT2D eigenvalue weighted by Crippen LogP contribution is -2.36. The summed E-state index contributed by atoms with van der Waals surface area (Å²) in [5, 5.41) is 18.4. The summed E-state index contributed by atoms with van der Waals surface area (Å²) in [5.74, 6) is -3.48. The Bertz CT molecular complexity index is 451. The molecule has 0 heterocycles. The number of hydrogen-bond acceptors (Lipinski definition) is 3. The summed E-state index contributed by atoms with van der Waals surface area (Å²) < 4.78 is 26.4. The fourth-order valence-corrected chi connectivity index (χ4v) is 1.86. The molecule has 0 bridgehead atoms. The van der Waals surface area contributed by atoms with Crippen LogP contribution in [0.3, 0.4) is 0 Å². The van der Waals surface area contributed by atoms with Crippen LogP contribution < -0.4 is 0 Å². The van der Waals surface area contributed by atoms with Gasteiger partial charge in [-0.15, -0.1) is 0 Å². The number of carbonyl (C=O) groups is 1. The number of phenols is 1. The van der Waals surface area contributed by atoms with Gasteiger partial charge in [0.15, 0.2) is 0 Å². The fraction of sp³-hybridized carbons (Fsp3) is 0.417. The third kappa shape index (κ3) is 2.43. The third-order valence-electron chi connectivity index (χ3n) is 2.84. The van der Waals surface area contributed by atoms with E-state index in [1.807, 2.05) is 0 Å². The van der Waals surface area contributed by atoms with Gasteiger partial charge in [0.1, 0.15) is 22.9 Å². The Hall–Kier alpha value is -1.69. The van der Waals surface area contributed by atoms with Crippen molar-refractivity contribution in [2.75, 3.05) is 13.2 Å². The molecule has 6 heteroatoms. The summed E-state index contributed by atoms with van der Waals surface area (Å²) in [6.45, 7) is -0.175. The molecule has 0 aromatic heterocycles. The maximum atomic E-state index is 13.5. The van der Waals surface area contributed by atoms with E-state index in [1.54, 1.807) is 0 Å². The number of hydrogen-bond donors (Lipinski definition) is 2. The van der Waals surface area contributed by atoms with Crippen molar-refractivity contribution in [1.82, 2.24) is 4.90 Å². The van der Waals surface area contributed by atoms with Crippen LogP contribution in [0.15, 0.2) is 12.1 Å². The highest BCUT2D eigenvalue weighted by atomic mass is 19.1. The number of phenolic OH excluding ortho intramolecular Hbond substituents is 1. The number of halogens is 2. The summed E-state index contributed by atoms with van der Waals surface area (Å²) in [6.07, 6.45) is 1.57. The molecule has 98 valence electrons. The van der Waals surface area contributed by atoms with Gasteiger partial charge in [-0.25, -0.2) is 8.78 Å². The van der Waals surface area contributed by atoms with Gasteiger partial charge in [0.25, 0.3) is 5.91 Å². The van der Waals surface area contributed by atoms with Crippen LogP contribution in [0.1, 0.15) is 23.2 Å². The van der Waals surface area contributed by atoms with Gasteiger partial charge in [0.05, 0.1) is 6.61 Å². The van der Waals surface area contributed by atoms with Crippen LogP contribution in [0, 0.1) is 11.6 Å². The number of amides is 1. The first-order valence-electron chi connectivity index (χ1n) is 5.64. The number of aromatic hydroxyl groups is 1. The quantitative estimate of drug-likeness (QED) is 0.853. The summed E-state index contributed by atoms with van der Waals surface area (Å²) >= 11 is 0. The van der Waals surface area contributed by atoms with Gasteiger partial charge >= 0.3 is 0 Å². The van der Waals surface area contributed by atoms with Crippen molar-refractivity contribution in [2.45, 2.75) is 18.9 Å². The van der Waals surface area contributed by atoms with Gasteiger partial charge in [-0.05, 0) is 12.8 Å². The molecular weight excluding hydrogens is 244 g/mol. The molecule has 0 spiro atoms. The Labute approximate surface area is 102 Å². The molecule has 1 aromatic carbocycles. The molecule has 0 aliphatic heterocycles. The first kappa shape index (κ1) is 12.8. The first-order chi connectivity index (χ1) is 8.54. The van der Waals surface area contributed by atoms with Gasteiger partial charge in [-0.3, -0.25) is 4.79 Å². The van der Waals surface area contributed by atoms with Crippen molar-refractivity contribution < 1.29 is 23.8 Å². The normalized spacial score (nSPS) is 14.6. The lowest BCUT2D eigenvalue weighted by molar-refractivity contribution is 0.0699. The lowest BCUT2D eigenvalue weighted by atomic mass is 10.1. The Morgan fingerprint density at radius 2 is 2.06 bits per heavy atom. The van der Waals surface area contributed by atoms with E-state index in [4.69, 9.17) is 5.11 Å². The summed E-state index contributed by atoms with van der Waals surface area (Å²) in [4.78, 5) is 13.4. The summed E-state index contributed by atoms with van der Waals surface area (Å²) in [7, 11) is 0. The predicted molar refractivity (Wildman–Crippen MR) is 59.2 cm³/mol. The average Bonchev–Trinajstić information content (AvgIpc) is 3.07. The monoisotopic (exact) mass is 257 g/mol. The lowest BCUT2D eigenvalue weighted by Gasteiger charge is -2.22. The molecule has 1 fully saturated rings. The minimum Gasteiger partial charge on any atom is -0.507 e. The van der Waals surface area contributed by atoms with E-state index in [1.165, 1.54) is 4.90 Å². The minimum absolute atomic E-state index is 0.0338. The molecule has 1 aliphatic rings. The number of aliphatic hydroxyl groups is 1. The van der Waals surface area contributed by atoms with E-state index in [-0.39, 0.29) is 19.2 Å². The first-order valence-corrected chi connectivity index (χ1v) is 5.64. The highest BCUT2D eigenvalue weighted by Crippen LogP contribution is 2.31. The Morgan fingerprint density at radius 1 is 1.39 bits per heavy atom. The molecule has 0 saturated heterocycles. The molecule has 1 aliphatic carbocycles. The van der Waals surface area contributed by atoms with Crippen molar-refractivity contribution in [3.8, 4) is 5.75 Å². The van der Waals surface area contributed by atoms with Crippen LogP contribution >= 0.6 is 0 Å². The van der Waals surface area contributed by atoms with Crippen molar-refractivity contribution in [2.24, 2.45) is 0 Å². The molecule has 2 N–H and O–H groups in total. The average molecular weight is 257 g/mol. The highest BCUT2D eigenvalue weighted by Gasteiger charge is 2.34. The molecule has 2 rings (SSSR count). The summed E-state index contributed by atoms with van der Waals surface area (Å²) in [5.41, 5.74) is -0.545. The number of aliphatic hydroxyl groups excluding tert-OH is 1. The highest BCUT2D eigenvalue weighted by molar-refractivity contribution is 5.97. The van der Waals surface area contributed by atoms with Gasteiger partial charge < -0.3 is 15.1 Å². The van der Waals surface area contributed by atoms with E-state index < -0.39 is 28.9 Å². The molecule has 4 nitrogen and oxygen atoms in total. The van der Waals surface area contributed by atoms with Crippen LogP contribution in [-0.2, 0) is 0 Å². The van der Waals surface area contributed by atoms with Crippen molar-refractivity contribution >= 4 is 5.91 Å². The molecule has 18 heavy (non-hydrogen) atoms. The number of benzene rings is 1. The molecule has 1 saturated carbocycles. The van der Waals surface area contributed by atoms with Gasteiger partial charge in [0.2, 0.25) is 0 Å². The largest absolute Gasteiger partial charge is 0.507 e. The van der Waals surface area contributed by atoms with Crippen molar-refractivity contribution in [3.63, 3.8) is 0 Å². The van der Waals surface area contributed by atoms with Gasteiger partial charge in [-0.2, -0.15) is 0 Å². The van der Waals surface area contributed by atoms with Crippen LogP contribution in [-0.4, -0.2) is 40.2 Å². The van der Waals surface area contributed by atoms with Crippen molar-refractivity contribution in [3.05, 3.63) is 29.3 Å². The fourth-order valence-electron chi connectivity index (χ4n) is 1.86. The maximum absolute atomic E-state index is 13.5. The standard InChI is InChI=1S/C12H13F2NO3/c13-7-5-9(14)11(10(17)6-7)12(18)15(3-4-16)8-1-2-8/h5-6,8,16-17H,1-4H2. The second kappa shape index (κ2) is 4.89. The molecule has 0 radical (unpaired) electrons. The topological polar surface area (TPSA) is 60.8 Å². The SMILES string of the molecule is O=C(c1c(O)cc(F)cc1F)N(CCO)C1CC1. The minimum atomic E-state index is -1.10. The van der Waals surface area contributed by atoms with Crippen LogP contribution in [0.2, 0.25) is 0 Å². The zero-order chi connectivity index (χ0) is 13.3. The molecule has 0 unspecified atom stereocenters. The van der Waals surface area contributed by atoms with Gasteiger partial charge in [-0.1, -0.05) is 0 Å². The number of rotatable bonds is 4. The molecular formula is C12H13F2NO3. The van der Waals surface area contributed by atoms with Gasteiger partial charge in [0, 0.05) is 24.7 Å². The Morgan fingerprint density at radius 3 is 2.56 bits per heavy atom. The molecule has 0 atom stereocenters. The third-order valence-corrected chi connectivity index (χ3v) is 2.84. The van der Waals surface area contributed by atoms with Crippen LogP contribution in [0.4, 0.5) is 8.78 Å². The molecule has 1 amide bonds.